The Morgan fingerprint density at radius 1 is 1.16 bits per heavy atom. The number of nitrogen functional groups attached to an aromatic ring is 1. The molecule has 1 aliphatic rings. The number of benzene rings is 1. The molecule has 0 bridgehead atoms. The van der Waals surface area contributed by atoms with Crippen LogP contribution in [0.25, 0.3) is 21.7 Å². The van der Waals surface area contributed by atoms with Gasteiger partial charge in [-0.25, -0.2) is 4.98 Å². The van der Waals surface area contributed by atoms with Gasteiger partial charge in [0, 0.05) is 36.8 Å². The number of anilines is 1. The summed E-state index contributed by atoms with van der Waals surface area (Å²) in [6.45, 7) is 4.31. The van der Waals surface area contributed by atoms with Gasteiger partial charge < -0.3 is 19.9 Å². The third-order valence-corrected chi connectivity index (χ3v) is 6.28. The van der Waals surface area contributed by atoms with Crippen LogP contribution in [0.5, 0.6) is 11.5 Å². The zero-order valence-corrected chi connectivity index (χ0v) is 18.4. The summed E-state index contributed by atoms with van der Waals surface area (Å²) >= 11 is 1.62. The number of rotatable bonds is 6. The van der Waals surface area contributed by atoms with Crippen molar-refractivity contribution in [1.82, 2.24) is 9.88 Å². The maximum Gasteiger partial charge on any atom is 0.142 e. The molecule has 1 fully saturated rings. The molecule has 31 heavy (non-hydrogen) atoms. The minimum atomic E-state index is 0.205. The van der Waals surface area contributed by atoms with Crippen molar-refractivity contribution in [3.8, 4) is 39.3 Å². The lowest BCUT2D eigenvalue weighted by Crippen LogP contribution is -2.35. The molecule has 1 saturated heterocycles. The molecule has 0 saturated carbocycles. The molecule has 3 heterocycles. The fraction of sp³-hybridized carbons (Fsp3) is 0.304. The number of nitrogens with two attached hydrogens (primary N) is 1. The largest absolute Gasteiger partial charge is 0.497 e. The van der Waals surface area contributed by atoms with Crippen molar-refractivity contribution in [2.75, 3.05) is 46.3 Å². The van der Waals surface area contributed by atoms with E-state index in [1.165, 1.54) is 5.56 Å². The van der Waals surface area contributed by atoms with Crippen LogP contribution in [-0.4, -0.2) is 50.4 Å². The molecule has 1 aromatic carbocycles. The van der Waals surface area contributed by atoms with Gasteiger partial charge in [-0.05, 0) is 35.2 Å². The van der Waals surface area contributed by atoms with Gasteiger partial charge in [-0.15, -0.1) is 11.3 Å². The molecule has 1 aliphatic heterocycles. The normalized spacial score (nSPS) is 14.2. The summed E-state index contributed by atoms with van der Waals surface area (Å²) in [6, 6.07) is 11.7. The van der Waals surface area contributed by atoms with Crippen molar-refractivity contribution < 1.29 is 14.2 Å². The molecule has 3 aromatic rings. The molecule has 4 rings (SSSR count). The van der Waals surface area contributed by atoms with Crippen LogP contribution in [0.3, 0.4) is 0 Å². The number of methoxy groups -OCH3 is 2. The fourth-order valence-electron chi connectivity index (χ4n) is 3.65. The van der Waals surface area contributed by atoms with E-state index in [1.54, 1.807) is 31.6 Å². The number of aromatic nitrogens is 1. The molecule has 0 amide bonds. The van der Waals surface area contributed by atoms with Gasteiger partial charge in [0.2, 0.25) is 0 Å². The summed E-state index contributed by atoms with van der Waals surface area (Å²) in [4.78, 5) is 7.90. The monoisotopic (exact) mass is 436 g/mol. The van der Waals surface area contributed by atoms with Crippen molar-refractivity contribution in [3.63, 3.8) is 0 Å². The number of pyridine rings is 1. The van der Waals surface area contributed by atoms with E-state index in [-0.39, 0.29) is 5.82 Å². The van der Waals surface area contributed by atoms with Gasteiger partial charge in [0.25, 0.3) is 0 Å². The van der Waals surface area contributed by atoms with Crippen molar-refractivity contribution in [3.05, 3.63) is 46.8 Å². The Morgan fingerprint density at radius 2 is 1.97 bits per heavy atom. The molecule has 0 spiro atoms. The number of ether oxygens (including phenoxy) is 3. The Hall–Kier alpha value is -3.12. The van der Waals surface area contributed by atoms with Crippen molar-refractivity contribution in [2.24, 2.45) is 0 Å². The summed E-state index contributed by atoms with van der Waals surface area (Å²) in [5, 5.41) is 11.9. The van der Waals surface area contributed by atoms with Gasteiger partial charge in [-0.3, -0.25) is 4.90 Å². The maximum absolute atomic E-state index is 9.72. The Kier molecular flexibility index (Phi) is 6.37. The van der Waals surface area contributed by atoms with Crippen LogP contribution in [0, 0.1) is 11.3 Å². The second-order valence-corrected chi connectivity index (χ2v) is 8.11. The Balaban J connectivity index is 1.71. The topological polar surface area (TPSA) is 93.6 Å². The van der Waals surface area contributed by atoms with E-state index in [1.807, 2.05) is 18.2 Å². The van der Waals surface area contributed by atoms with Crippen LogP contribution in [0.4, 0.5) is 5.82 Å². The van der Waals surface area contributed by atoms with Gasteiger partial charge in [0.15, 0.2) is 0 Å². The molecule has 0 atom stereocenters. The average Bonchev–Trinajstić information content (AvgIpc) is 3.27. The highest BCUT2D eigenvalue weighted by molar-refractivity contribution is 7.13. The van der Waals surface area contributed by atoms with Crippen molar-refractivity contribution in [1.29, 1.82) is 5.26 Å². The van der Waals surface area contributed by atoms with Gasteiger partial charge in [0.1, 0.15) is 28.9 Å². The Labute approximate surface area is 185 Å². The van der Waals surface area contributed by atoms with E-state index in [4.69, 9.17) is 19.9 Å². The van der Waals surface area contributed by atoms with E-state index in [0.717, 1.165) is 49.0 Å². The lowest BCUT2D eigenvalue weighted by Gasteiger charge is -2.26. The standard InChI is InChI=1S/C23H24N4O3S/c1-28-16-3-4-17(21(10-16)29-2)18-11-20(26-23(25)19(18)12-24)22-9-15(14-31-22)13-27-5-7-30-8-6-27/h3-4,9-11,14H,5-8,13H2,1-2H3,(H2,25,26). The fourth-order valence-corrected chi connectivity index (χ4v) is 4.52. The minimum absolute atomic E-state index is 0.205. The second kappa shape index (κ2) is 9.35. The van der Waals surface area contributed by atoms with E-state index in [2.05, 4.69) is 27.4 Å². The third-order valence-electron chi connectivity index (χ3n) is 5.27. The molecule has 2 N–H and O–H groups in total. The first kappa shape index (κ1) is 21.1. The Morgan fingerprint density at radius 3 is 2.68 bits per heavy atom. The number of hydrogen-bond donors (Lipinski definition) is 1. The quantitative estimate of drug-likeness (QED) is 0.628. The van der Waals surface area contributed by atoms with Gasteiger partial charge >= 0.3 is 0 Å². The van der Waals surface area contributed by atoms with Gasteiger partial charge in [0.05, 0.1) is 38.0 Å². The molecule has 160 valence electrons. The number of morpholine rings is 1. The summed E-state index contributed by atoms with van der Waals surface area (Å²) in [6.07, 6.45) is 0. The molecular formula is C23H24N4O3S. The molecular weight excluding hydrogens is 412 g/mol. The number of nitriles is 1. The number of nitrogens with zero attached hydrogens (tertiary/aromatic N) is 3. The van der Waals surface area contributed by atoms with Crippen LogP contribution < -0.4 is 15.2 Å². The molecule has 0 radical (unpaired) electrons. The first-order chi connectivity index (χ1) is 15.1. The van der Waals surface area contributed by atoms with Gasteiger partial charge in [-0.2, -0.15) is 5.26 Å². The van der Waals surface area contributed by atoms with E-state index in [0.29, 0.717) is 22.6 Å². The summed E-state index contributed by atoms with van der Waals surface area (Å²) in [5.74, 6) is 1.48. The minimum Gasteiger partial charge on any atom is -0.497 e. The van der Waals surface area contributed by atoms with E-state index < -0.39 is 0 Å². The molecule has 0 aliphatic carbocycles. The highest BCUT2D eigenvalue weighted by Crippen LogP contribution is 2.39. The number of thiophene rings is 1. The van der Waals surface area contributed by atoms with E-state index in [9.17, 15) is 5.26 Å². The third kappa shape index (κ3) is 4.49. The second-order valence-electron chi connectivity index (χ2n) is 7.20. The first-order valence-corrected chi connectivity index (χ1v) is 10.8. The van der Waals surface area contributed by atoms with Crippen molar-refractivity contribution >= 4 is 17.2 Å². The van der Waals surface area contributed by atoms with Crippen LogP contribution in [0.1, 0.15) is 11.1 Å². The molecule has 0 unspecified atom stereocenters. The van der Waals surface area contributed by atoms with Crippen molar-refractivity contribution in [2.45, 2.75) is 6.54 Å². The van der Waals surface area contributed by atoms with Crippen LogP contribution in [-0.2, 0) is 11.3 Å². The predicted molar refractivity (Wildman–Crippen MR) is 121 cm³/mol. The highest BCUT2D eigenvalue weighted by atomic mass is 32.1. The summed E-state index contributed by atoms with van der Waals surface area (Å²) < 4.78 is 16.3. The van der Waals surface area contributed by atoms with E-state index >= 15 is 0 Å². The number of hydrogen-bond acceptors (Lipinski definition) is 8. The Bertz CT molecular complexity index is 1120. The van der Waals surface area contributed by atoms with Gasteiger partial charge in [-0.1, -0.05) is 0 Å². The predicted octanol–water partition coefficient (Wildman–Crippen LogP) is 3.78. The summed E-state index contributed by atoms with van der Waals surface area (Å²) in [5.41, 5.74) is 9.95. The summed E-state index contributed by atoms with van der Waals surface area (Å²) in [7, 11) is 3.19. The highest BCUT2D eigenvalue weighted by Gasteiger charge is 2.18. The van der Waals surface area contributed by atoms with Crippen LogP contribution in [0.2, 0.25) is 0 Å². The maximum atomic E-state index is 9.72. The molecule has 2 aromatic heterocycles. The molecule has 8 heteroatoms. The zero-order valence-electron chi connectivity index (χ0n) is 17.6. The SMILES string of the molecule is COc1ccc(-c2cc(-c3cc(CN4CCOCC4)cs3)nc(N)c2C#N)c(OC)c1. The first-order valence-electron chi connectivity index (χ1n) is 9.94. The average molecular weight is 437 g/mol. The zero-order chi connectivity index (χ0) is 21.8. The molecule has 7 nitrogen and oxygen atoms in total. The smallest absolute Gasteiger partial charge is 0.142 e. The van der Waals surface area contributed by atoms with Crippen LogP contribution in [0.15, 0.2) is 35.7 Å². The lowest BCUT2D eigenvalue weighted by molar-refractivity contribution is 0.0342. The van der Waals surface area contributed by atoms with Crippen LogP contribution >= 0.6 is 11.3 Å². The lowest BCUT2D eigenvalue weighted by atomic mass is 9.98.